The summed E-state index contributed by atoms with van der Waals surface area (Å²) in [6.07, 6.45) is 0.743. The standard InChI is InChI=1S/C18H26N2O5S2/c1-13(2)17(18(21)20-6-10-26-11-7-20)19-27(22,23)14-4-5-15-16(12-14)25-9-3-8-24-15/h4-5,12-13,17,19H,3,6-11H2,1-2H3. The number of ether oxygens (including phenoxy) is 2. The summed E-state index contributed by atoms with van der Waals surface area (Å²) in [5.74, 6) is 2.38. The van der Waals surface area contributed by atoms with Crippen molar-refractivity contribution in [1.82, 2.24) is 9.62 Å². The zero-order valence-corrected chi connectivity index (χ0v) is 17.3. The van der Waals surface area contributed by atoms with Crippen LogP contribution in [0.4, 0.5) is 0 Å². The zero-order valence-electron chi connectivity index (χ0n) is 15.6. The summed E-state index contributed by atoms with van der Waals surface area (Å²) in [5.41, 5.74) is 0. The average molecular weight is 415 g/mol. The Hall–Kier alpha value is -1.45. The Morgan fingerprint density at radius 2 is 1.81 bits per heavy atom. The van der Waals surface area contributed by atoms with Crippen LogP contribution in [0.5, 0.6) is 11.5 Å². The van der Waals surface area contributed by atoms with Gasteiger partial charge in [0.2, 0.25) is 15.9 Å². The minimum atomic E-state index is -3.87. The molecule has 1 N–H and O–H groups in total. The number of thioether (sulfide) groups is 1. The molecule has 2 heterocycles. The first-order chi connectivity index (χ1) is 12.9. The van der Waals surface area contributed by atoms with Gasteiger partial charge in [-0.1, -0.05) is 13.8 Å². The van der Waals surface area contributed by atoms with Gasteiger partial charge in [-0.3, -0.25) is 4.79 Å². The fourth-order valence-corrected chi connectivity index (χ4v) is 5.25. The Kier molecular flexibility index (Phi) is 6.54. The number of hydrogen-bond donors (Lipinski definition) is 1. The molecule has 1 amide bonds. The van der Waals surface area contributed by atoms with E-state index in [2.05, 4.69) is 4.72 Å². The van der Waals surface area contributed by atoms with Crippen molar-refractivity contribution in [3.05, 3.63) is 18.2 Å². The second kappa shape index (κ2) is 8.70. The van der Waals surface area contributed by atoms with E-state index in [1.54, 1.807) is 22.7 Å². The summed E-state index contributed by atoms with van der Waals surface area (Å²) in [5, 5.41) is 0. The number of rotatable bonds is 5. The fraction of sp³-hybridized carbons (Fsp3) is 0.611. The van der Waals surface area contributed by atoms with E-state index in [0.717, 1.165) is 17.9 Å². The summed E-state index contributed by atoms with van der Waals surface area (Å²) < 4.78 is 39.6. The lowest BCUT2D eigenvalue weighted by atomic mass is 10.0. The molecule has 0 bridgehead atoms. The number of fused-ring (bicyclic) bond motifs is 1. The molecule has 1 atom stereocenters. The maximum absolute atomic E-state index is 12.9. The number of carbonyl (C=O) groups excluding carboxylic acids is 1. The molecule has 1 unspecified atom stereocenters. The molecule has 0 aliphatic carbocycles. The molecular formula is C18H26N2O5S2. The largest absolute Gasteiger partial charge is 0.490 e. The highest BCUT2D eigenvalue weighted by Gasteiger charge is 2.32. The highest BCUT2D eigenvalue weighted by atomic mass is 32.2. The molecule has 1 aromatic carbocycles. The van der Waals surface area contributed by atoms with Gasteiger partial charge < -0.3 is 14.4 Å². The van der Waals surface area contributed by atoms with E-state index < -0.39 is 16.1 Å². The van der Waals surface area contributed by atoms with Crippen molar-refractivity contribution in [2.24, 2.45) is 5.92 Å². The van der Waals surface area contributed by atoms with Gasteiger partial charge in [-0.2, -0.15) is 16.5 Å². The predicted molar refractivity (Wildman–Crippen MR) is 105 cm³/mol. The highest BCUT2D eigenvalue weighted by Crippen LogP contribution is 2.32. The molecule has 0 spiro atoms. The summed E-state index contributed by atoms with van der Waals surface area (Å²) in [6, 6.07) is 3.75. The molecule has 1 aromatic rings. The van der Waals surface area contributed by atoms with E-state index in [1.807, 2.05) is 13.8 Å². The van der Waals surface area contributed by atoms with E-state index >= 15 is 0 Å². The van der Waals surface area contributed by atoms with E-state index in [4.69, 9.17) is 9.47 Å². The van der Waals surface area contributed by atoms with Gasteiger partial charge in [-0.15, -0.1) is 0 Å². The minimum Gasteiger partial charge on any atom is -0.490 e. The van der Waals surface area contributed by atoms with Crippen molar-refractivity contribution in [1.29, 1.82) is 0 Å². The summed E-state index contributed by atoms with van der Waals surface area (Å²) in [7, 11) is -3.87. The predicted octanol–water partition coefficient (Wildman–Crippen LogP) is 1.73. The number of nitrogens with zero attached hydrogens (tertiary/aromatic N) is 1. The Bertz CT molecular complexity index is 776. The number of sulfonamides is 1. The number of carbonyl (C=O) groups is 1. The van der Waals surface area contributed by atoms with Gasteiger partial charge in [0.25, 0.3) is 0 Å². The normalized spacial score (nSPS) is 18.9. The van der Waals surface area contributed by atoms with Crippen molar-refractivity contribution in [2.45, 2.75) is 31.2 Å². The van der Waals surface area contributed by atoms with E-state index in [-0.39, 0.29) is 16.7 Å². The van der Waals surface area contributed by atoms with Gasteiger partial charge >= 0.3 is 0 Å². The van der Waals surface area contributed by atoms with Crippen molar-refractivity contribution in [3.8, 4) is 11.5 Å². The minimum absolute atomic E-state index is 0.0689. The zero-order chi connectivity index (χ0) is 19.4. The third-order valence-corrected chi connectivity index (χ3v) is 6.95. The molecule has 2 aliphatic rings. The Morgan fingerprint density at radius 1 is 1.15 bits per heavy atom. The number of nitrogens with one attached hydrogen (secondary N) is 1. The summed E-state index contributed by atoms with van der Waals surface area (Å²) in [4.78, 5) is 14.7. The molecular weight excluding hydrogens is 388 g/mol. The third kappa shape index (κ3) is 4.89. The van der Waals surface area contributed by atoms with Crippen molar-refractivity contribution < 1.29 is 22.7 Å². The number of benzene rings is 1. The average Bonchev–Trinajstić information content (AvgIpc) is 2.91. The van der Waals surface area contributed by atoms with Crippen LogP contribution >= 0.6 is 11.8 Å². The lowest BCUT2D eigenvalue weighted by Gasteiger charge is -2.32. The molecule has 1 fully saturated rings. The van der Waals surface area contributed by atoms with Crippen LogP contribution in [0.1, 0.15) is 20.3 Å². The quantitative estimate of drug-likeness (QED) is 0.790. The number of hydrogen-bond acceptors (Lipinski definition) is 6. The van der Waals surface area contributed by atoms with Crippen molar-refractivity contribution in [2.75, 3.05) is 37.8 Å². The SMILES string of the molecule is CC(C)C(NS(=O)(=O)c1ccc2c(c1)OCCCO2)C(=O)N1CCSCC1. The highest BCUT2D eigenvalue weighted by molar-refractivity contribution is 7.99. The smallest absolute Gasteiger partial charge is 0.241 e. The molecule has 2 aliphatic heterocycles. The molecule has 0 aromatic heterocycles. The second-order valence-electron chi connectivity index (χ2n) is 6.94. The van der Waals surface area contributed by atoms with Crippen LogP contribution in [0.3, 0.4) is 0 Å². The van der Waals surface area contributed by atoms with Gasteiger partial charge in [0.1, 0.15) is 6.04 Å². The Morgan fingerprint density at radius 3 is 2.48 bits per heavy atom. The third-order valence-electron chi connectivity index (χ3n) is 4.57. The maximum atomic E-state index is 12.9. The van der Waals surface area contributed by atoms with E-state index in [9.17, 15) is 13.2 Å². The molecule has 7 nitrogen and oxygen atoms in total. The van der Waals surface area contributed by atoms with Crippen molar-refractivity contribution >= 4 is 27.7 Å². The van der Waals surface area contributed by atoms with Crippen LogP contribution in [-0.2, 0) is 14.8 Å². The van der Waals surface area contributed by atoms with Gasteiger partial charge in [0.15, 0.2) is 11.5 Å². The first-order valence-corrected chi connectivity index (χ1v) is 11.8. The van der Waals surface area contributed by atoms with Gasteiger partial charge in [0.05, 0.1) is 18.1 Å². The fourth-order valence-electron chi connectivity index (χ4n) is 3.00. The van der Waals surface area contributed by atoms with Crippen LogP contribution in [0.2, 0.25) is 0 Å². The van der Waals surface area contributed by atoms with Crippen LogP contribution in [0.15, 0.2) is 23.1 Å². The molecule has 150 valence electrons. The van der Waals surface area contributed by atoms with Crippen LogP contribution in [0, 0.1) is 5.92 Å². The molecule has 0 saturated carbocycles. The van der Waals surface area contributed by atoms with E-state index in [0.29, 0.717) is 37.8 Å². The lowest BCUT2D eigenvalue weighted by molar-refractivity contribution is -0.133. The monoisotopic (exact) mass is 414 g/mol. The van der Waals surface area contributed by atoms with Crippen LogP contribution in [0.25, 0.3) is 0 Å². The van der Waals surface area contributed by atoms with Crippen molar-refractivity contribution in [3.63, 3.8) is 0 Å². The van der Waals surface area contributed by atoms with Gasteiger partial charge in [-0.05, 0) is 18.1 Å². The first kappa shape index (κ1) is 20.3. The van der Waals surface area contributed by atoms with Crippen LogP contribution in [-0.4, -0.2) is 63.1 Å². The van der Waals surface area contributed by atoms with Gasteiger partial charge in [-0.25, -0.2) is 8.42 Å². The molecule has 1 saturated heterocycles. The lowest BCUT2D eigenvalue weighted by Crippen LogP contribution is -2.52. The molecule has 27 heavy (non-hydrogen) atoms. The Balaban J connectivity index is 1.80. The maximum Gasteiger partial charge on any atom is 0.241 e. The summed E-state index contributed by atoms with van der Waals surface area (Å²) >= 11 is 1.80. The van der Waals surface area contributed by atoms with E-state index in [1.165, 1.54) is 12.1 Å². The number of amides is 1. The Labute approximate surface area is 164 Å². The topological polar surface area (TPSA) is 84.9 Å². The molecule has 9 heteroatoms. The van der Waals surface area contributed by atoms with Crippen LogP contribution < -0.4 is 14.2 Å². The first-order valence-electron chi connectivity index (χ1n) is 9.17. The summed E-state index contributed by atoms with van der Waals surface area (Å²) in [6.45, 7) is 6.01. The molecule has 0 radical (unpaired) electrons. The van der Waals surface area contributed by atoms with Gasteiger partial charge in [0, 0.05) is 37.1 Å². The second-order valence-corrected chi connectivity index (χ2v) is 9.88. The molecule has 3 rings (SSSR count).